The number of ketones is 1. The third-order valence-electron chi connectivity index (χ3n) is 1.84. The minimum absolute atomic E-state index is 0.0114. The lowest BCUT2D eigenvalue weighted by molar-refractivity contribution is -0.122. The number of carbonyl (C=O) groups excluding carboxylic acids is 1. The normalized spacial score (nSPS) is 10.1. The van der Waals surface area contributed by atoms with Gasteiger partial charge in [-0.15, -0.1) is 0 Å². The van der Waals surface area contributed by atoms with Crippen molar-refractivity contribution in [3.8, 4) is 5.88 Å². The van der Waals surface area contributed by atoms with Gasteiger partial charge >= 0.3 is 0 Å². The topological polar surface area (TPSA) is 61.3 Å². The molecule has 1 rings (SSSR count). The van der Waals surface area contributed by atoms with Crippen LogP contribution in [0.1, 0.15) is 19.0 Å². The average Bonchev–Trinajstić information content (AvgIpc) is 2.27. The molecular weight excluding hydrogens is 208 g/mol. The van der Waals surface area contributed by atoms with Crippen molar-refractivity contribution in [1.29, 1.82) is 0 Å². The predicted octanol–water partition coefficient (Wildman–Crippen LogP) is 1.02. The van der Waals surface area contributed by atoms with Gasteiger partial charge in [-0.3, -0.25) is 4.79 Å². The van der Waals surface area contributed by atoms with Gasteiger partial charge in [0.25, 0.3) is 0 Å². The summed E-state index contributed by atoms with van der Waals surface area (Å²) in [5.41, 5.74) is 0.656. The molecule has 0 aliphatic carbocycles. The Morgan fingerprint density at radius 2 is 2.25 bits per heavy atom. The number of rotatable bonds is 7. The molecule has 0 spiro atoms. The molecule has 0 aliphatic heterocycles. The molecule has 0 bridgehead atoms. The van der Waals surface area contributed by atoms with E-state index in [4.69, 9.17) is 9.47 Å². The van der Waals surface area contributed by atoms with Gasteiger partial charge in [0.05, 0.1) is 18.7 Å². The van der Waals surface area contributed by atoms with E-state index in [0.717, 1.165) is 6.42 Å². The Labute approximate surface area is 94.8 Å². The number of ether oxygens (including phenoxy) is 2. The second-order valence-corrected chi connectivity index (χ2v) is 3.34. The Kier molecular flexibility index (Phi) is 5.42. The molecule has 0 fully saturated rings. The zero-order chi connectivity index (χ0) is 11.8. The summed E-state index contributed by atoms with van der Waals surface area (Å²) < 4.78 is 10.1. The van der Waals surface area contributed by atoms with E-state index in [-0.39, 0.29) is 18.8 Å². The molecule has 0 saturated carbocycles. The maximum absolute atomic E-state index is 11.3. The Bertz CT molecular complexity index is 342. The number of Topliss-reactive ketones (excluding diaryl/α,β-unsaturated/α-hetero) is 1. The van der Waals surface area contributed by atoms with Crippen LogP contribution in [0.4, 0.5) is 0 Å². The van der Waals surface area contributed by atoms with Gasteiger partial charge in [0.1, 0.15) is 12.9 Å². The smallest absolute Gasteiger partial charge is 0.216 e. The summed E-state index contributed by atoms with van der Waals surface area (Å²) in [4.78, 5) is 19.3. The first-order valence-electron chi connectivity index (χ1n) is 5.20. The Hall–Kier alpha value is -1.49. The van der Waals surface area contributed by atoms with E-state index in [1.165, 1.54) is 13.4 Å². The van der Waals surface area contributed by atoms with Crippen molar-refractivity contribution in [1.82, 2.24) is 9.97 Å². The zero-order valence-corrected chi connectivity index (χ0v) is 9.60. The second kappa shape index (κ2) is 6.90. The maximum Gasteiger partial charge on any atom is 0.216 e. The van der Waals surface area contributed by atoms with E-state index in [9.17, 15) is 4.79 Å². The fourth-order valence-electron chi connectivity index (χ4n) is 1.17. The van der Waals surface area contributed by atoms with Gasteiger partial charge in [-0.2, -0.15) is 0 Å². The van der Waals surface area contributed by atoms with Crippen molar-refractivity contribution in [3.63, 3.8) is 0 Å². The molecule has 5 heteroatoms. The second-order valence-electron chi connectivity index (χ2n) is 3.34. The van der Waals surface area contributed by atoms with Crippen molar-refractivity contribution in [2.75, 3.05) is 20.3 Å². The summed E-state index contributed by atoms with van der Waals surface area (Å²) in [6, 6.07) is 1.68. The van der Waals surface area contributed by atoms with Crippen molar-refractivity contribution in [2.24, 2.45) is 0 Å². The quantitative estimate of drug-likeness (QED) is 0.692. The molecule has 0 N–H and O–H groups in total. The van der Waals surface area contributed by atoms with E-state index in [0.29, 0.717) is 18.2 Å². The number of methoxy groups -OCH3 is 1. The summed E-state index contributed by atoms with van der Waals surface area (Å²) in [5.74, 6) is 0.500. The highest BCUT2D eigenvalue weighted by Gasteiger charge is 2.06. The molecule has 16 heavy (non-hydrogen) atoms. The van der Waals surface area contributed by atoms with E-state index >= 15 is 0 Å². The Morgan fingerprint density at radius 3 is 2.94 bits per heavy atom. The van der Waals surface area contributed by atoms with Gasteiger partial charge in [0, 0.05) is 13.2 Å². The van der Waals surface area contributed by atoms with Crippen LogP contribution in [-0.2, 0) is 16.0 Å². The van der Waals surface area contributed by atoms with Crippen LogP contribution in [0.5, 0.6) is 5.88 Å². The molecule has 0 unspecified atom stereocenters. The first kappa shape index (κ1) is 12.6. The maximum atomic E-state index is 11.3. The van der Waals surface area contributed by atoms with Crippen LogP contribution >= 0.6 is 0 Å². The lowest BCUT2D eigenvalue weighted by Gasteiger charge is -2.04. The minimum Gasteiger partial charge on any atom is -0.478 e. The van der Waals surface area contributed by atoms with Crippen LogP contribution in [0.2, 0.25) is 0 Å². The van der Waals surface area contributed by atoms with Crippen molar-refractivity contribution >= 4 is 5.78 Å². The molecule has 0 saturated heterocycles. The first-order chi connectivity index (χ1) is 7.76. The van der Waals surface area contributed by atoms with Crippen LogP contribution < -0.4 is 4.74 Å². The fraction of sp³-hybridized carbons (Fsp3) is 0.545. The molecule has 1 heterocycles. The lowest BCUT2D eigenvalue weighted by atomic mass is 10.2. The molecule has 5 nitrogen and oxygen atoms in total. The summed E-state index contributed by atoms with van der Waals surface area (Å²) in [6.07, 6.45) is 2.57. The molecule has 88 valence electrons. The van der Waals surface area contributed by atoms with Gasteiger partial charge in [-0.05, 0) is 6.42 Å². The molecule has 0 aliphatic rings. The van der Waals surface area contributed by atoms with E-state index in [1.807, 2.05) is 6.92 Å². The van der Waals surface area contributed by atoms with Crippen LogP contribution in [0, 0.1) is 0 Å². The summed E-state index contributed by atoms with van der Waals surface area (Å²) in [5, 5.41) is 0. The highest BCUT2D eigenvalue weighted by Crippen LogP contribution is 2.07. The number of nitrogens with zero attached hydrogens (tertiary/aromatic N) is 2. The van der Waals surface area contributed by atoms with Crippen LogP contribution in [-0.4, -0.2) is 36.1 Å². The monoisotopic (exact) mass is 224 g/mol. The summed E-state index contributed by atoms with van der Waals surface area (Å²) in [7, 11) is 1.49. The van der Waals surface area contributed by atoms with Crippen molar-refractivity contribution in [3.05, 3.63) is 18.1 Å². The number of hydrogen-bond donors (Lipinski definition) is 0. The molecule has 0 amide bonds. The van der Waals surface area contributed by atoms with Gasteiger partial charge in [-0.1, -0.05) is 6.92 Å². The summed E-state index contributed by atoms with van der Waals surface area (Å²) >= 11 is 0. The zero-order valence-electron chi connectivity index (χ0n) is 9.60. The molecule has 0 aromatic carbocycles. The largest absolute Gasteiger partial charge is 0.478 e. The molecule has 0 atom stereocenters. The van der Waals surface area contributed by atoms with Crippen LogP contribution in [0.15, 0.2) is 12.4 Å². The van der Waals surface area contributed by atoms with Crippen molar-refractivity contribution < 1.29 is 14.3 Å². The molecule has 0 radical (unpaired) electrons. The number of hydrogen-bond acceptors (Lipinski definition) is 5. The highest BCUT2D eigenvalue weighted by molar-refractivity contribution is 5.81. The SMILES string of the molecule is CCCOc1cc(CC(=O)COC)ncn1. The van der Waals surface area contributed by atoms with E-state index in [1.54, 1.807) is 6.07 Å². The van der Waals surface area contributed by atoms with E-state index < -0.39 is 0 Å². The minimum atomic E-state index is -0.0114. The highest BCUT2D eigenvalue weighted by atomic mass is 16.5. The van der Waals surface area contributed by atoms with Crippen LogP contribution in [0.3, 0.4) is 0 Å². The van der Waals surface area contributed by atoms with Gasteiger partial charge in [0.15, 0.2) is 5.78 Å². The Balaban J connectivity index is 2.56. The molecular formula is C11H16N2O3. The number of carbonyl (C=O) groups is 1. The summed E-state index contributed by atoms with van der Waals surface area (Å²) in [6.45, 7) is 2.74. The molecule has 1 aromatic rings. The van der Waals surface area contributed by atoms with Gasteiger partial charge in [0.2, 0.25) is 5.88 Å². The number of aromatic nitrogens is 2. The lowest BCUT2D eigenvalue weighted by Crippen LogP contribution is -2.11. The third kappa shape index (κ3) is 4.35. The van der Waals surface area contributed by atoms with E-state index in [2.05, 4.69) is 9.97 Å². The van der Waals surface area contributed by atoms with Gasteiger partial charge in [-0.25, -0.2) is 9.97 Å². The average molecular weight is 224 g/mol. The standard InChI is InChI=1S/C11H16N2O3/c1-3-4-16-11-6-9(12-8-13-11)5-10(14)7-15-2/h6,8H,3-5,7H2,1-2H3. The fourth-order valence-corrected chi connectivity index (χ4v) is 1.17. The van der Waals surface area contributed by atoms with Crippen molar-refractivity contribution in [2.45, 2.75) is 19.8 Å². The van der Waals surface area contributed by atoms with Gasteiger partial charge < -0.3 is 9.47 Å². The third-order valence-corrected chi connectivity index (χ3v) is 1.84. The predicted molar refractivity (Wildman–Crippen MR) is 58.4 cm³/mol. The first-order valence-corrected chi connectivity index (χ1v) is 5.20. The Morgan fingerprint density at radius 1 is 1.44 bits per heavy atom. The van der Waals surface area contributed by atoms with Crippen LogP contribution in [0.25, 0.3) is 0 Å². The molecule has 1 aromatic heterocycles.